The van der Waals surface area contributed by atoms with Gasteiger partial charge in [0.1, 0.15) is 17.2 Å². The quantitative estimate of drug-likeness (QED) is 0.140. The SMILES string of the molecule is CNC(=O)c1c(-c2ccc(F)cc2)oc2cc(CN(c3ccc([N+](=O)[O-])c(CC(=O)O)c3)[SH](=O)=O)c(C3CC3)cc12. The van der Waals surface area contributed by atoms with Crippen LogP contribution < -0.4 is 9.62 Å². The average Bonchev–Trinajstić information content (AvgIpc) is 3.71. The number of rotatable bonds is 10. The molecule has 1 fully saturated rings. The summed E-state index contributed by atoms with van der Waals surface area (Å²) >= 11 is 0. The van der Waals surface area contributed by atoms with Crippen LogP contribution in [0.5, 0.6) is 0 Å². The van der Waals surface area contributed by atoms with Crippen molar-refractivity contribution in [2.45, 2.75) is 31.7 Å². The highest BCUT2D eigenvalue weighted by Gasteiger charge is 2.31. The first-order valence-electron chi connectivity index (χ1n) is 12.6. The second kappa shape index (κ2) is 11.0. The fraction of sp³-hybridized carbons (Fsp3) is 0.214. The zero-order chi connectivity index (χ0) is 29.4. The average molecular weight is 582 g/mol. The third kappa shape index (κ3) is 5.61. The number of fused-ring (bicyclic) bond motifs is 1. The number of hydrogen-bond donors (Lipinski definition) is 3. The summed E-state index contributed by atoms with van der Waals surface area (Å²) in [5.74, 6) is -1.79. The maximum absolute atomic E-state index is 13.6. The Hall–Kier alpha value is -4.78. The second-order valence-corrected chi connectivity index (χ2v) is 10.6. The minimum atomic E-state index is -3.24. The number of carbonyl (C=O) groups is 2. The molecule has 0 aliphatic heterocycles. The molecule has 13 heteroatoms. The molecule has 1 amide bonds. The maximum Gasteiger partial charge on any atom is 0.308 e. The van der Waals surface area contributed by atoms with Crippen molar-refractivity contribution in [2.75, 3.05) is 11.4 Å². The van der Waals surface area contributed by atoms with Crippen LogP contribution in [0.4, 0.5) is 15.8 Å². The van der Waals surface area contributed by atoms with Gasteiger partial charge in [-0.25, -0.2) is 12.8 Å². The Morgan fingerprint density at radius 3 is 2.41 bits per heavy atom. The molecule has 3 aromatic carbocycles. The minimum absolute atomic E-state index is 0.0716. The van der Waals surface area contributed by atoms with Gasteiger partial charge in [0.25, 0.3) is 11.6 Å². The largest absolute Gasteiger partial charge is 0.481 e. The van der Waals surface area contributed by atoms with Crippen LogP contribution in [0.2, 0.25) is 0 Å². The van der Waals surface area contributed by atoms with E-state index in [1.54, 1.807) is 6.07 Å². The van der Waals surface area contributed by atoms with E-state index in [1.165, 1.54) is 43.4 Å². The van der Waals surface area contributed by atoms with Crippen LogP contribution in [-0.2, 0) is 28.7 Å². The summed E-state index contributed by atoms with van der Waals surface area (Å²) < 4.78 is 45.5. The Labute approximate surface area is 234 Å². The van der Waals surface area contributed by atoms with Crippen LogP contribution in [0.15, 0.2) is 59.0 Å². The van der Waals surface area contributed by atoms with Crippen molar-refractivity contribution in [3.05, 3.63) is 92.8 Å². The van der Waals surface area contributed by atoms with Gasteiger partial charge in [0.2, 0.25) is 10.9 Å². The van der Waals surface area contributed by atoms with E-state index in [-0.39, 0.29) is 35.0 Å². The van der Waals surface area contributed by atoms with E-state index < -0.39 is 45.6 Å². The van der Waals surface area contributed by atoms with E-state index >= 15 is 0 Å². The maximum atomic E-state index is 13.6. The first kappa shape index (κ1) is 27.8. The number of furan rings is 1. The van der Waals surface area contributed by atoms with E-state index in [0.29, 0.717) is 22.1 Å². The number of halogens is 1. The van der Waals surface area contributed by atoms with Crippen LogP contribution in [0.1, 0.15) is 45.8 Å². The number of hydrogen-bond acceptors (Lipinski definition) is 7. The number of anilines is 1. The molecular formula is C28H24FN3O8S. The van der Waals surface area contributed by atoms with Crippen LogP contribution in [0, 0.1) is 15.9 Å². The molecule has 11 nitrogen and oxygen atoms in total. The van der Waals surface area contributed by atoms with E-state index in [9.17, 15) is 37.6 Å². The van der Waals surface area contributed by atoms with Crippen molar-refractivity contribution in [2.24, 2.45) is 0 Å². The molecular weight excluding hydrogens is 557 g/mol. The van der Waals surface area contributed by atoms with Gasteiger partial charge in [-0.15, -0.1) is 0 Å². The number of benzene rings is 3. The summed E-state index contributed by atoms with van der Waals surface area (Å²) in [6.07, 6.45) is 1.06. The smallest absolute Gasteiger partial charge is 0.308 e. The fourth-order valence-corrected chi connectivity index (χ4v) is 5.47. The molecule has 212 valence electrons. The van der Waals surface area contributed by atoms with Gasteiger partial charge in [-0.3, -0.25) is 24.0 Å². The highest BCUT2D eigenvalue weighted by atomic mass is 32.2. The standard InChI is InChI=1S/C28H24FN3O8S/c1-30-28(35)26-22-13-21(15-2-3-15)18(11-24(22)40-27(26)16-4-6-19(29)7-5-16)14-31(41(38)39)20-8-9-23(32(36)37)17(10-20)12-25(33)34/h4-11,13,15,41H,2-3,12,14H2,1H3,(H,30,35)(H,33,34). The number of nitrogens with one attached hydrogen (secondary N) is 1. The summed E-state index contributed by atoms with van der Waals surface area (Å²) in [5, 5.41) is 23.7. The van der Waals surface area contributed by atoms with E-state index in [0.717, 1.165) is 28.8 Å². The lowest BCUT2D eigenvalue weighted by Gasteiger charge is -2.20. The molecule has 0 unspecified atom stereocenters. The molecule has 1 aliphatic carbocycles. The number of carboxylic acid groups (broad SMARTS) is 1. The minimum Gasteiger partial charge on any atom is -0.481 e. The van der Waals surface area contributed by atoms with Gasteiger partial charge in [0.15, 0.2) is 0 Å². The highest BCUT2D eigenvalue weighted by Crippen LogP contribution is 2.45. The van der Waals surface area contributed by atoms with E-state index in [1.807, 2.05) is 6.07 Å². The van der Waals surface area contributed by atoms with Gasteiger partial charge < -0.3 is 14.8 Å². The molecule has 1 heterocycles. The Kier molecular flexibility index (Phi) is 7.45. The molecule has 1 saturated carbocycles. The molecule has 4 aromatic rings. The summed E-state index contributed by atoms with van der Waals surface area (Å²) in [5.41, 5.74) is 2.00. The Balaban J connectivity index is 1.63. The third-order valence-corrected chi connectivity index (χ3v) is 7.71. The zero-order valence-corrected chi connectivity index (χ0v) is 22.5. The molecule has 0 radical (unpaired) electrons. The van der Waals surface area contributed by atoms with Crippen molar-refractivity contribution >= 4 is 45.1 Å². The number of amides is 1. The van der Waals surface area contributed by atoms with Gasteiger partial charge in [0.05, 0.1) is 29.1 Å². The lowest BCUT2D eigenvalue weighted by molar-refractivity contribution is -0.385. The first-order valence-corrected chi connectivity index (χ1v) is 13.7. The molecule has 0 bridgehead atoms. The molecule has 0 saturated heterocycles. The van der Waals surface area contributed by atoms with Gasteiger partial charge in [0, 0.05) is 29.6 Å². The van der Waals surface area contributed by atoms with Gasteiger partial charge in [-0.1, -0.05) is 0 Å². The molecule has 0 spiro atoms. The number of nitrogens with zero attached hydrogens (tertiary/aromatic N) is 2. The van der Waals surface area contributed by atoms with Crippen LogP contribution in [0.3, 0.4) is 0 Å². The normalized spacial score (nSPS) is 13.0. The molecule has 0 atom stereocenters. The molecule has 2 N–H and O–H groups in total. The summed E-state index contributed by atoms with van der Waals surface area (Å²) in [4.78, 5) is 34.9. The lowest BCUT2D eigenvalue weighted by atomic mass is 9.97. The number of aliphatic carboxylic acids is 1. The fourth-order valence-electron chi connectivity index (χ4n) is 4.89. The Morgan fingerprint density at radius 1 is 1.12 bits per heavy atom. The van der Waals surface area contributed by atoms with Crippen molar-refractivity contribution < 1.29 is 36.8 Å². The number of carbonyl (C=O) groups excluding carboxylic acids is 1. The predicted octanol–water partition coefficient (Wildman–Crippen LogP) is 4.54. The highest BCUT2D eigenvalue weighted by molar-refractivity contribution is 7.74. The summed E-state index contributed by atoms with van der Waals surface area (Å²) in [6, 6.07) is 12.5. The first-order chi connectivity index (χ1) is 19.6. The molecule has 5 rings (SSSR count). The third-order valence-electron chi connectivity index (χ3n) is 6.94. The van der Waals surface area contributed by atoms with Crippen molar-refractivity contribution in [3.8, 4) is 11.3 Å². The summed E-state index contributed by atoms with van der Waals surface area (Å²) in [6.45, 7) is -0.160. The molecule has 41 heavy (non-hydrogen) atoms. The molecule has 1 aromatic heterocycles. The van der Waals surface area contributed by atoms with Gasteiger partial charge in [-0.2, -0.15) is 0 Å². The van der Waals surface area contributed by atoms with Crippen molar-refractivity contribution in [1.82, 2.24) is 5.32 Å². The topological polar surface area (TPSA) is 160 Å². The number of nitro benzene ring substituents is 1. The lowest BCUT2D eigenvalue weighted by Crippen LogP contribution is -2.22. The summed E-state index contributed by atoms with van der Waals surface area (Å²) in [7, 11) is -1.76. The van der Waals surface area contributed by atoms with Crippen LogP contribution in [-0.4, -0.2) is 37.4 Å². The molecule has 1 aliphatic rings. The van der Waals surface area contributed by atoms with Gasteiger partial charge >= 0.3 is 5.97 Å². The second-order valence-electron chi connectivity index (χ2n) is 9.65. The van der Waals surface area contributed by atoms with E-state index in [2.05, 4.69) is 5.32 Å². The Bertz CT molecular complexity index is 1770. The van der Waals surface area contributed by atoms with Gasteiger partial charge in [-0.05, 0) is 78.4 Å². The monoisotopic (exact) mass is 581 g/mol. The van der Waals surface area contributed by atoms with Crippen LogP contribution >= 0.6 is 0 Å². The van der Waals surface area contributed by atoms with Crippen LogP contribution in [0.25, 0.3) is 22.3 Å². The predicted molar refractivity (Wildman–Crippen MR) is 148 cm³/mol. The van der Waals surface area contributed by atoms with E-state index in [4.69, 9.17) is 4.42 Å². The van der Waals surface area contributed by atoms with Crippen molar-refractivity contribution in [1.29, 1.82) is 0 Å². The van der Waals surface area contributed by atoms with Crippen molar-refractivity contribution in [3.63, 3.8) is 0 Å². The zero-order valence-electron chi connectivity index (χ0n) is 21.6. The Morgan fingerprint density at radius 2 is 1.83 bits per heavy atom. The number of nitro groups is 1. The number of carboxylic acids is 1. The number of thiol groups is 1.